The minimum absolute atomic E-state index is 0.00825. The molecule has 2 heterocycles. The second-order valence-corrected chi connectivity index (χ2v) is 9.10. The van der Waals surface area contributed by atoms with Crippen LogP contribution in [0.15, 0.2) is 18.2 Å². The van der Waals surface area contributed by atoms with Gasteiger partial charge in [-0.05, 0) is 37.5 Å². The molecule has 8 heteroatoms. The summed E-state index contributed by atoms with van der Waals surface area (Å²) in [5.74, 6) is -0.363. The maximum atomic E-state index is 13.3. The van der Waals surface area contributed by atoms with Crippen LogP contribution in [-0.4, -0.2) is 55.9 Å². The Balaban J connectivity index is 1.54. The number of carbonyl (C=O) groups excluding carboxylic acids is 1. The molecule has 0 spiro atoms. The van der Waals surface area contributed by atoms with Crippen molar-refractivity contribution in [2.75, 3.05) is 24.6 Å². The molecule has 24 heavy (non-hydrogen) atoms. The molecule has 1 amide bonds. The van der Waals surface area contributed by atoms with E-state index in [0.717, 1.165) is 32.0 Å². The number of carbonyl (C=O) groups is 1. The van der Waals surface area contributed by atoms with E-state index in [0.29, 0.717) is 6.42 Å². The van der Waals surface area contributed by atoms with E-state index in [-0.39, 0.29) is 40.1 Å². The molecule has 132 valence electrons. The van der Waals surface area contributed by atoms with Crippen LogP contribution < -0.4 is 5.32 Å². The van der Waals surface area contributed by atoms with E-state index in [4.69, 9.17) is 11.6 Å². The number of sulfone groups is 1. The van der Waals surface area contributed by atoms with E-state index in [1.54, 1.807) is 0 Å². The van der Waals surface area contributed by atoms with Gasteiger partial charge in [0.05, 0.1) is 22.1 Å². The minimum atomic E-state index is -2.88. The van der Waals surface area contributed by atoms with Crippen LogP contribution in [0.2, 0.25) is 5.02 Å². The van der Waals surface area contributed by atoms with Gasteiger partial charge in [-0.25, -0.2) is 12.8 Å². The van der Waals surface area contributed by atoms with Gasteiger partial charge in [-0.3, -0.25) is 9.69 Å². The SMILES string of the molecule is O=C(NC1CCN([C@@H]2CCS(=O)(=O)C2)CC1)c1cc(F)ccc1Cl. The molecule has 0 bridgehead atoms. The molecule has 1 atom stereocenters. The molecule has 0 radical (unpaired) electrons. The van der Waals surface area contributed by atoms with Gasteiger partial charge < -0.3 is 5.32 Å². The summed E-state index contributed by atoms with van der Waals surface area (Å²) in [5, 5.41) is 3.12. The van der Waals surface area contributed by atoms with Crippen molar-refractivity contribution in [1.82, 2.24) is 10.2 Å². The van der Waals surface area contributed by atoms with Crippen LogP contribution in [0.3, 0.4) is 0 Å². The molecule has 2 aliphatic rings. The maximum absolute atomic E-state index is 13.3. The molecule has 0 aromatic heterocycles. The quantitative estimate of drug-likeness (QED) is 0.877. The number of hydrogen-bond donors (Lipinski definition) is 1. The Morgan fingerprint density at radius 1 is 1.25 bits per heavy atom. The van der Waals surface area contributed by atoms with Gasteiger partial charge in [0.1, 0.15) is 5.82 Å². The molecule has 2 saturated heterocycles. The van der Waals surface area contributed by atoms with Crippen LogP contribution in [0.5, 0.6) is 0 Å². The van der Waals surface area contributed by atoms with Crippen LogP contribution in [0.4, 0.5) is 4.39 Å². The summed E-state index contributed by atoms with van der Waals surface area (Å²) >= 11 is 5.95. The summed E-state index contributed by atoms with van der Waals surface area (Å²) in [6, 6.07) is 3.81. The van der Waals surface area contributed by atoms with E-state index in [1.165, 1.54) is 12.1 Å². The van der Waals surface area contributed by atoms with Gasteiger partial charge >= 0.3 is 0 Å². The first-order valence-electron chi connectivity index (χ1n) is 8.04. The molecule has 0 unspecified atom stereocenters. The van der Waals surface area contributed by atoms with Gasteiger partial charge in [-0.2, -0.15) is 0 Å². The Hall–Kier alpha value is -1.18. The van der Waals surface area contributed by atoms with Crippen LogP contribution >= 0.6 is 11.6 Å². The van der Waals surface area contributed by atoms with Crippen molar-refractivity contribution >= 4 is 27.3 Å². The van der Waals surface area contributed by atoms with Gasteiger partial charge in [-0.15, -0.1) is 0 Å². The average Bonchev–Trinajstić information content (AvgIpc) is 2.90. The number of amides is 1. The lowest BCUT2D eigenvalue weighted by molar-refractivity contribution is 0.0897. The highest BCUT2D eigenvalue weighted by molar-refractivity contribution is 7.91. The van der Waals surface area contributed by atoms with Crippen LogP contribution in [-0.2, 0) is 9.84 Å². The number of halogens is 2. The van der Waals surface area contributed by atoms with Crippen LogP contribution in [0.1, 0.15) is 29.6 Å². The Morgan fingerprint density at radius 2 is 1.96 bits per heavy atom. The van der Waals surface area contributed by atoms with Crippen molar-refractivity contribution in [3.8, 4) is 0 Å². The summed E-state index contributed by atoms with van der Waals surface area (Å²) in [4.78, 5) is 14.5. The Labute approximate surface area is 146 Å². The standard InChI is InChI=1S/C16H20ClFN2O3S/c17-15-2-1-11(18)9-14(15)16(21)19-12-3-6-20(7-4-12)13-5-8-24(22,23)10-13/h1-2,9,12-13H,3-8,10H2,(H,19,21)/t13-/m1/s1. The molecule has 3 rings (SSSR count). The van der Waals surface area contributed by atoms with Gasteiger partial charge in [0.15, 0.2) is 9.84 Å². The van der Waals surface area contributed by atoms with Crippen molar-refractivity contribution in [2.45, 2.75) is 31.3 Å². The van der Waals surface area contributed by atoms with Crippen molar-refractivity contribution in [2.24, 2.45) is 0 Å². The third-order valence-electron chi connectivity index (χ3n) is 4.76. The van der Waals surface area contributed by atoms with Gasteiger partial charge in [0.2, 0.25) is 0 Å². The van der Waals surface area contributed by atoms with Gasteiger partial charge in [0, 0.05) is 25.2 Å². The first-order valence-corrected chi connectivity index (χ1v) is 10.2. The fraction of sp³-hybridized carbons (Fsp3) is 0.562. The van der Waals surface area contributed by atoms with Crippen molar-refractivity contribution < 1.29 is 17.6 Å². The van der Waals surface area contributed by atoms with Crippen molar-refractivity contribution in [3.05, 3.63) is 34.6 Å². The number of likely N-dealkylation sites (tertiary alicyclic amines) is 1. The highest BCUT2D eigenvalue weighted by atomic mass is 35.5. The molecule has 1 aromatic rings. The molecule has 5 nitrogen and oxygen atoms in total. The van der Waals surface area contributed by atoms with E-state index in [2.05, 4.69) is 10.2 Å². The first kappa shape index (κ1) is 17.6. The van der Waals surface area contributed by atoms with Gasteiger partial charge in [-0.1, -0.05) is 11.6 Å². The van der Waals surface area contributed by atoms with E-state index in [9.17, 15) is 17.6 Å². The maximum Gasteiger partial charge on any atom is 0.253 e. The topological polar surface area (TPSA) is 66.5 Å². The van der Waals surface area contributed by atoms with Crippen molar-refractivity contribution in [3.63, 3.8) is 0 Å². The molecule has 1 N–H and O–H groups in total. The normalized spacial score (nSPS) is 24.8. The first-order chi connectivity index (χ1) is 11.3. The largest absolute Gasteiger partial charge is 0.349 e. The molecule has 2 aliphatic heterocycles. The third-order valence-corrected chi connectivity index (χ3v) is 6.84. The molecule has 0 aliphatic carbocycles. The summed E-state index contributed by atoms with van der Waals surface area (Å²) in [5.41, 5.74) is 0.140. The smallest absolute Gasteiger partial charge is 0.253 e. The number of benzene rings is 1. The Morgan fingerprint density at radius 3 is 2.58 bits per heavy atom. The van der Waals surface area contributed by atoms with Crippen molar-refractivity contribution in [1.29, 1.82) is 0 Å². The summed E-state index contributed by atoms with van der Waals surface area (Å²) in [6.07, 6.45) is 2.18. The number of piperidine rings is 1. The molecular weight excluding hydrogens is 355 g/mol. The predicted molar refractivity (Wildman–Crippen MR) is 90.5 cm³/mol. The second kappa shape index (κ2) is 6.98. The third kappa shape index (κ3) is 4.07. The zero-order chi connectivity index (χ0) is 17.3. The molecule has 1 aromatic carbocycles. The van der Waals surface area contributed by atoms with Crippen LogP contribution in [0.25, 0.3) is 0 Å². The summed E-state index contributed by atoms with van der Waals surface area (Å²) < 4.78 is 36.4. The molecular formula is C16H20ClFN2O3S. The summed E-state index contributed by atoms with van der Waals surface area (Å²) in [6.45, 7) is 1.50. The van der Waals surface area contributed by atoms with Crippen LogP contribution in [0, 0.1) is 5.82 Å². The predicted octanol–water partition coefficient (Wildman–Crippen LogP) is 1.86. The minimum Gasteiger partial charge on any atom is -0.349 e. The highest BCUT2D eigenvalue weighted by Crippen LogP contribution is 2.23. The second-order valence-electron chi connectivity index (χ2n) is 6.46. The van der Waals surface area contributed by atoms with E-state index in [1.807, 2.05) is 0 Å². The highest BCUT2D eigenvalue weighted by Gasteiger charge is 2.34. The number of rotatable bonds is 3. The zero-order valence-corrected chi connectivity index (χ0v) is 14.7. The monoisotopic (exact) mass is 374 g/mol. The lowest BCUT2D eigenvalue weighted by Crippen LogP contribution is -2.48. The fourth-order valence-electron chi connectivity index (χ4n) is 3.41. The lowest BCUT2D eigenvalue weighted by Gasteiger charge is -2.35. The van der Waals surface area contributed by atoms with Gasteiger partial charge in [0.25, 0.3) is 5.91 Å². The number of nitrogens with one attached hydrogen (secondary N) is 1. The molecule has 2 fully saturated rings. The zero-order valence-electron chi connectivity index (χ0n) is 13.2. The number of nitrogens with zero attached hydrogens (tertiary/aromatic N) is 1. The Bertz CT molecular complexity index is 733. The summed E-state index contributed by atoms with van der Waals surface area (Å²) in [7, 11) is -2.88. The Kier molecular flexibility index (Phi) is 5.13. The lowest BCUT2D eigenvalue weighted by atomic mass is 10.0. The number of hydrogen-bond acceptors (Lipinski definition) is 4. The fourth-order valence-corrected chi connectivity index (χ4v) is 5.37. The molecule has 0 saturated carbocycles. The average molecular weight is 375 g/mol. The van der Waals surface area contributed by atoms with E-state index < -0.39 is 15.7 Å². The van der Waals surface area contributed by atoms with E-state index >= 15 is 0 Å².